The quantitative estimate of drug-likeness (QED) is 0.856. The van der Waals surface area contributed by atoms with Crippen LogP contribution in [0.5, 0.6) is 0 Å². The highest BCUT2D eigenvalue weighted by atomic mass is 35.5. The number of amides is 1. The zero-order chi connectivity index (χ0) is 15.2. The highest BCUT2D eigenvalue weighted by molar-refractivity contribution is 6.29. The number of benzene rings is 1. The second kappa shape index (κ2) is 6.98. The second-order valence-electron chi connectivity index (χ2n) is 4.38. The summed E-state index contributed by atoms with van der Waals surface area (Å²) in [5.74, 6) is 5.52. The molecule has 0 aliphatic rings. The fraction of sp³-hybridized carbons (Fsp3) is 0.188. The molecule has 1 aromatic heterocycles. The Bertz CT molecular complexity index is 710. The minimum atomic E-state index is -0.393. The molecule has 108 valence electrons. The summed E-state index contributed by atoms with van der Waals surface area (Å²) in [6.07, 6.45) is 0.384. The Balaban J connectivity index is 2.23. The van der Waals surface area contributed by atoms with Gasteiger partial charge in [0.15, 0.2) is 11.0 Å². The zero-order valence-electron chi connectivity index (χ0n) is 11.4. The van der Waals surface area contributed by atoms with Gasteiger partial charge in [0.05, 0.1) is 12.3 Å². The van der Waals surface area contributed by atoms with Gasteiger partial charge in [-0.3, -0.25) is 4.79 Å². The Hall–Kier alpha value is -2.22. The summed E-state index contributed by atoms with van der Waals surface area (Å²) >= 11 is 5.65. The summed E-state index contributed by atoms with van der Waals surface area (Å²) in [7, 11) is 0. The number of furan rings is 1. The SMILES string of the molecule is Cc1ccc(NC(=O)c2ccc(Cl)o2)c(C#CCCO)c1. The van der Waals surface area contributed by atoms with Crippen molar-refractivity contribution in [1.29, 1.82) is 0 Å². The Morgan fingerprint density at radius 3 is 2.86 bits per heavy atom. The Morgan fingerprint density at radius 2 is 2.19 bits per heavy atom. The number of halogens is 1. The number of hydrogen-bond donors (Lipinski definition) is 2. The number of carbonyl (C=O) groups excluding carboxylic acids is 1. The molecule has 5 heteroatoms. The molecule has 0 unspecified atom stereocenters. The number of nitrogens with one attached hydrogen (secondary N) is 1. The van der Waals surface area contributed by atoms with Crippen LogP contribution >= 0.6 is 11.6 Å². The fourth-order valence-electron chi connectivity index (χ4n) is 1.70. The van der Waals surface area contributed by atoms with Gasteiger partial charge in [-0.2, -0.15) is 0 Å². The molecule has 0 saturated heterocycles. The van der Waals surface area contributed by atoms with Crippen molar-refractivity contribution in [3.63, 3.8) is 0 Å². The van der Waals surface area contributed by atoms with Crippen molar-refractivity contribution in [1.82, 2.24) is 0 Å². The van der Waals surface area contributed by atoms with E-state index in [1.807, 2.05) is 19.1 Å². The van der Waals surface area contributed by atoms with Crippen LogP contribution in [-0.2, 0) is 0 Å². The molecule has 2 aromatic rings. The standard InChI is InChI=1S/C16H14ClNO3/c1-11-5-6-13(12(10-11)4-2-3-9-19)18-16(20)14-7-8-15(17)21-14/h5-8,10,19H,3,9H2,1H3,(H,18,20). The van der Waals surface area contributed by atoms with Gasteiger partial charge in [-0.15, -0.1) is 0 Å². The van der Waals surface area contributed by atoms with Crippen molar-refractivity contribution < 1.29 is 14.3 Å². The zero-order valence-corrected chi connectivity index (χ0v) is 12.2. The molecule has 1 heterocycles. The van der Waals surface area contributed by atoms with Crippen molar-refractivity contribution in [3.05, 3.63) is 52.4 Å². The molecule has 0 aliphatic heterocycles. The average molecular weight is 304 g/mol. The number of aliphatic hydroxyl groups excluding tert-OH is 1. The van der Waals surface area contributed by atoms with E-state index in [4.69, 9.17) is 21.1 Å². The molecule has 0 atom stereocenters. The molecule has 0 bridgehead atoms. The second-order valence-corrected chi connectivity index (χ2v) is 4.75. The number of aliphatic hydroxyl groups is 1. The van der Waals surface area contributed by atoms with E-state index >= 15 is 0 Å². The van der Waals surface area contributed by atoms with Gasteiger partial charge in [0.25, 0.3) is 5.91 Å². The van der Waals surface area contributed by atoms with E-state index in [0.717, 1.165) is 5.56 Å². The minimum absolute atomic E-state index is 0.00536. The lowest BCUT2D eigenvalue weighted by molar-refractivity contribution is 0.0996. The summed E-state index contributed by atoms with van der Waals surface area (Å²) in [6.45, 7) is 1.94. The van der Waals surface area contributed by atoms with Gasteiger partial charge in [-0.25, -0.2) is 0 Å². The molecule has 4 nitrogen and oxygen atoms in total. The van der Waals surface area contributed by atoms with Crippen molar-refractivity contribution in [2.24, 2.45) is 0 Å². The Morgan fingerprint density at radius 1 is 1.38 bits per heavy atom. The molecule has 2 N–H and O–H groups in total. The van der Waals surface area contributed by atoms with Crippen LogP contribution in [-0.4, -0.2) is 17.6 Å². The third-order valence-corrected chi connectivity index (χ3v) is 2.88. The molecule has 0 spiro atoms. The third kappa shape index (κ3) is 4.12. The molecule has 2 rings (SSSR count). The first-order chi connectivity index (χ1) is 10.1. The maximum atomic E-state index is 12.0. The van der Waals surface area contributed by atoms with Crippen molar-refractivity contribution in [2.45, 2.75) is 13.3 Å². The predicted octanol–water partition coefficient (Wildman–Crippen LogP) is 3.23. The van der Waals surface area contributed by atoms with Crippen LogP contribution in [0.25, 0.3) is 0 Å². The minimum Gasteiger partial charge on any atom is -0.440 e. The first-order valence-corrected chi connectivity index (χ1v) is 6.75. The van der Waals surface area contributed by atoms with Gasteiger partial charge >= 0.3 is 0 Å². The van der Waals surface area contributed by atoms with Crippen LogP contribution in [0.1, 0.15) is 28.1 Å². The van der Waals surface area contributed by atoms with Crippen molar-refractivity contribution in [2.75, 3.05) is 11.9 Å². The van der Waals surface area contributed by atoms with E-state index in [2.05, 4.69) is 17.2 Å². The molecule has 1 aromatic carbocycles. The van der Waals surface area contributed by atoms with E-state index in [0.29, 0.717) is 17.7 Å². The van der Waals surface area contributed by atoms with E-state index < -0.39 is 5.91 Å². The molecule has 21 heavy (non-hydrogen) atoms. The van der Waals surface area contributed by atoms with E-state index in [-0.39, 0.29) is 17.6 Å². The van der Waals surface area contributed by atoms with E-state index in [1.54, 1.807) is 6.07 Å². The summed E-state index contributed by atoms with van der Waals surface area (Å²) in [6, 6.07) is 8.54. The Kier molecular flexibility index (Phi) is 5.04. The first kappa shape index (κ1) is 15.2. The largest absolute Gasteiger partial charge is 0.440 e. The van der Waals surface area contributed by atoms with Gasteiger partial charge in [-0.05, 0) is 48.4 Å². The van der Waals surface area contributed by atoms with Gasteiger partial charge in [0, 0.05) is 12.0 Å². The average Bonchev–Trinajstić information content (AvgIpc) is 2.88. The first-order valence-electron chi connectivity index (χ1n) is 6.37. The summed E-state index contributed by atoms with van der Waals surface area (Å²) in [4.78, 5) is 12.0. The fourth-order valence-corrected chi connectivity index (χ4v) is 1.85. The van der Waals surface area contributed by atoms with Crippen LogP contribution in [0, 0.1) is 18.8 Å². The Labute approximate surface area is 127 Å². The highest BCUT2D eigenvalue weighted by Gasteiger charge is 2.12. The predicted molar refractivity (Wildman–Crippen MR) is 81.4 cm³/mol. The van der Waals surface area contributed by atoms with E-state index in [1.165, 1.54) is 12.1 Å². The van der Waals surface area contributed by atoms with Crippen LogP contribution in [0.3, 0.4) is 0 Å². The summed E-state index contributed by atoms with van der Waals surface area (Å²) in [5.41, 5.74) is 2.31. The molecular formula is C16H14ClNO3. The maximum Gasteiger partial charge on any atom is 0.291 e. The lowest BCUT2D eigenvalue weighted by atomic mass is 10.1. The highest BCUT2D eigenvalue weighted by Crippen LogP contribution is 2.19. The van der Waals surface area contributed by atoms with Gasteiger partial charge in [0.1, 0.15) is 0 Å². The molecular weight excluding hydrogens is 290 g/mol. The number of carbonyl (C=O) groups is 1. The lowest BCUT2D eigenvalue weighted by Crippen LogP contribution is -2.12. The van der Waals surface area contributed by atoms with Crippen LogP contribution in [0.2, 0.25) is 5.22 Å². The van der Waals surface area contributed by atoms with Crippen molar-refractivity contribution in [3.8, 4) is 11.8 Å². The summed E-state index contributed by atoms with van der Waals surface area (Å²) in [5, 5.41) is 11.7. The number of hydrogen-bond acceptors (Lipinski definition) is 3. The maximum absolute atomic E-state index is 12.0. The molecule has 0 fully saturated rings. The van der Waals surface area contributed by atoms with Crippen LogP contribution < -0.4 is 5.32 Å². The smallest absolute Gasteiger partial charge is 0.291 e. The van der Waals surface area contributed by atoms with Crippen LogP contribution in [0.15, 0.2) is 34.7 Å². The monoisotopic (exact) mass is 303 g/mol. The van der Waals surface area contributed by atoms with Gasteiger partial charge in [0.2, 0.25) is 0 Å². The molecule has 0 saturated carbocycles. The molecule has 0 aliphatic carbocycles. The van der Waals surface area contributed by atoms with Crippen LogP contribution in [0.4, 0.5) is 5.69 Å². The number of rotatable bonds is 3. The van der Waals surface area contributed by atoms with Gasteiger partial charge < -0.3 is 14.8 Å². The summed E-state index contributed by atoms with van der Waals surface area (Å²) < 4.78 is 5.06. The van der Waals surface area contributed by atoms with Crippen molar-refractivity contribution >= 4 is 23.2 Å². The normalized spacial score (nSPS) is 9.86. The van der Waals surface area contributed by atoms with Gasteiger partial charge in [-0.1, -0.05) is 17.9 Å². The number of aryl methyl sites for hydroxylation is 1. The van der Waals surface area contributed by atoms with E-state index in [9.17, 15) is 4.79 Å². The number of anilines is 1. The topological polar surface area (TPSA) is 62.5 Å². The molecule has 0 radical (unpaired) electrons. The molecule has 1 amide bonds. The lowest BCUT2D eigenvalue weighted by Gasteiger charge is -2.07. The third-order valence-electron chi connectivity index (χ3n) is 2.68.